The van der Waals surface area contributed by atoms with Gasteiger partial charge in [0.25, 0.3) is 0 Å². The van der Waals surface area contributed by atoms with Crippen molar-refractivity contribution in [3.8, 4) is 0 Å². The average molecular weight is 502 g/mol. The maximum Gasteiger partial charge on any atom is 0.191 e. The van der Waals surface area contributed by atoms with E-state index in [9.17, 15) is 4.21 Å². The summed E-state index contributed by atoms with van der Waals surface area (Å²) in [5.74, 6) is 1.49. The summed E-state index contributed by atoms with van der Waals surface area (Å²) >= 11 is 0. The first-order chi connectivity index (χ1) is 11.8. The van der Waals surface area contributed by atoms with Crippen molar-refractivity contribution in [2.24, 2.45) is 10.4 Å². The van der Waals surface area contributed by atoms with Gasteiger partial charge in [-0.15, -0.1) is 24.0 Å². The molecule has 26 heavy (non-hydrogen) atoms. The third-order valence-electron chi connectivity index (χ3n) is 4.82. The largest absolute Gasteiger partial charge is 0.382 e. The van der Waals surface area contributed by atoms with E-state index in [1.807, 2.05) is 27.7 Å². The first-order valence-corrected chi connectivity index (χ1v) is 11.1. The molecule has 1 fully saturated rings. The van der Waals surface area contributed by atoms with Crippen molar-refractivity contribution in [2.75, 3.05) is 38.6 Å². The Hall–Kier alpha value is 0.110. The van der Waals surface area contributed by atoms with Crippen LogP contribution in [0.4, 0.5) is 0 Å². The molecule has 0 bridgehead atoms. The zero-order valence-corrected chi connectivity index (χ0v) is 20.5. The van der Waals surface area contributed by atoms with Crippen LogP contribution in [0, 0.1) is 5.41 Å². The molecule has 0 aromatic heterocycles. The molecule has 0 amide bonds. The van der Waals surface area contributed by atoms with E-state index in [-0.39, 0.29) is 28.7 Å². The van der Waals surface area contributed by atoms with Crippen molar-refractivity contribution in [1.82, 2.24) is 10.6 Å². The molecule has 0 aromatic carbocycles. The maximum absolute atomic E-state index is 12.2. The Morgan fingerprint density at radius 2 is 1.85 bits per heavy atom. The third-order valence-corrected chi connectivity index (χ3v) is 6.77. The number of nitrogens with zero attached hydrogens (tertiary/aromatic N) is 1. The molecule has 5 nitrogen and oxygen atoms in total. The van der Waals surface area contributed by atoms with E-state index in [1.165, 1.54) is 25.7 Å². The van der Waals surface area contributed by atoms with E-state index in [0.29, 0.717) is 17.7 Å². The number of halogens is 1. The molecule has 0 aliphatic heterocycles. The average Bonchev–Trinajstić information content (AvgIpc) is 3.01. The van der Waals surface area contributed by atoms with Crippen molar-refractivity contribution in [1.29, 1.82) is 0 Å². The van der Waals surface area contributed by atoms with Crippen LogP contribution in [0.15, 0.2) is 4.99 Å². The number of guanidine groups is 1. The van der Waals surface area contributed by atoms with Gasteiger partial charge in [-0.05, 0) is 59.3 Å². The zero-order chi connectivity index (χ0) is 18.8. The Morgan fingerprint density at radius 3 is 2.38 bits per heavy atom. The van der Waals surface area contributed by atoms with Gasteiger partial charge >= 0.3 is 0 Å². The fourth-order valence-corrected chi connectivity index (χ4v) is 4.10. The molecular weight excluding hydrogens is 461 g/mol. The van der Waals surface area contributed by atoms with E-state index < -0.39 is 10.8 Å². The molecule has 1 aliphatic rings. The smallest absolute Gasteiger partial charge is 0.191 e. The zero-order valence-electron chi connectivity index (χ0n) is 17.4. The molecule has 1 saturated carbocycles. The van der Waals surface area contributed by atoms with Crippen LogP contribution in [-0.4, -0.2) is 53.5 Å². The summed E-state index contributed by atoms with van der Waals surface area (Å²) in [5.41, 5.74) is 0.297. The molecule has 1 atom stereocenters. The van der Waals surface area contributed by atoms with Crippen LogP contribution in [0.1, 0.15) is 66.7 Å². The summed E-state index contributed by atoms with van der Waals surface area (Å²) in [5, 5.41) is 6.66. The van der Waals surface area contributed by atoms with Crippen molar-refractivity contribution in [3.63, 3.8) is 0 Å². The molecule has 7 heteroatoms. The van der Waals surface area contributed by atoms with Gasteiger partial charge in [0.1, 0.15) is 0 Å². The van der Waals surface area contributed by atoms with Crippen molar-refractivity contribution < 1.29 is 8.95 Å². The lowest BCUT2D eigenvalue weighted by Gasteiger charge is -2.27. The predicted octanol–water partition coefficient (Wildman–Crippen LogP) is 3.69. The topological polar surface area (TPSA) is 62.7 Å². The van der Waals surface area contributed by atoms with Crippen LogP contribution < -0.4 is 10.6 Å². The molecule has 0 aromatic rings. The van der Waals surface area contributed by atoms with Gasteiger partial charge < -0.3 is 15.4 Å². The summed E-state index contributed by atoms with van der Waals surface area (Å²) in [6.45, 7) is 14.2. The van der Waals surface area contributed by atoms with Crippen LogP contribution in [0.5, 0.6) is 0 Å². The standard InChI is InChI=1S/C19H39N3O2S.HI/c1-6-20-17(21-13-15-25(23)18(3,4)5)22-16-19(10-8-9-11-19)12-14-24-7-2;/h6-16H2,1-5H3,(H2,20,21,22);1H. The molecule has 1 aliphatic carbocycles. The highest BCUT2D eigenvalue weighted by molar-refractivity contribution is 14.0. The fraction of sp³-hybridized carbons (Fsp3) is 0.947. The second kappa shape index (κ2) is 13.3. The van der Waals surface area contributed by atoms with Crippen LogP contribution in [0.2, 0.25) is 0 Å². The van der Waals surface area contributed by atoms with Gasteiger partial charge in [-0.1, -0.05) is 12.8 Å². The van der Waals surface area contributed by atoms with Crippen molar-refractivity contribution in [2.45, 2.75) is 71.5 Å². The monoisotopic (exact) mass is 501 g/mol. The first-order valence-electron chi connectivity index (χ1n) is 9.81. The minimum Gasteiger partial charge on any atom is -0.382 e. The van der Waals surface area contributed by atoms with Crippen LogP contribution >= 0.6 is 24.0 Å². The molecule has 2 N–H and O–H groups in total. The lowest BCUT2D eigenvalue weighted by Crippen LogP contribution is -2.41. The molecule has 0 radical (unpaired) electrons. The van der Waals surface area contributed by atoms with Crippen LogP contribution in [0.3, 0.4) is 0 Å². The lowest BCUT2D eigenvalue weighted by molar-refractivity contribution is 0.107. The SMILES string of the molecule is CCNC(=NCC1(CCOCC)CCCC1)NCCS(=O)C(C)(C)C.I. The van der Waals surface area contributed by atoms with Crippen LogP contribution in [0.25, 0.3) is 0 Å². The number of nitrogens with one attached hydrogen (secondary N) is 2. The maximum atomic E-state index is 12.2. The summed E-state index contributed by atoms with van der Waals surface area (Å²) in [4.78, 5) is 4.85. The molecule has 1 unspecified atom stereocenters. The van der Waals surface area contributed by atoms with Crippen molar-refractivity contribution >= 4 is 40.7 Å². The summed E-state index contributed by atoms with van der Waals surface area (Å²) < 4.78 is 17.6. The molecule has 0 saturated heterocycles. The quantitative estimate of drug-likeness (QED) is 0.208. The number of hydrogen-bond donors (Lipinski definition) is 2. The number of ether oxygens (including phenoxy) is 1. The Kier molecular flexibility index (Phi) is 13.4. The van der Waals surface area contributed by atoms with E-state index >= 15 is 0 Å². The van der Waals surface area contributed by atoms with E-state index in [4.69, 9.17) is 9.73 Å². The molecular formula is C19H40IN3O2S. The number of rotatable bonds is 10. The highest BCUT2D eigenvalue weighted by Gasteiger charge is 2.33. The third kappa shape index (κ3) is 9.88. The molecule has 156 valence electrons. The predicted molar refractivity (Wildman–Crippen MR) is 124 cm³/mol. The molecule has 0 spiro atoms. The molecule has 0 heterocycles. The summed E-state index contributed by atoms with van der Waals surface area (Å²) in [7, 11) is -0.839. The summed E-state index contributed by atoms with van der Waals surface area (Å²) in [6.07, 6.45) is 6.19. The van der Waals surface area contributed by atoms with Gasteiger partial charge in [-0.2, -0.15) is 0 Å². The Balaban J connectivity index is 0.00000625. The fourth-order valence-electron chi connectivity index (χ4n) is 3.20. The Bertz CT molecular complexity index is 433. The van der Waals surface area contributed by atoms with Gasteiger partial charge in [0.2, 0.25) is 0 Å². The van der Waals surface area contributed by atoms with E-state index in [1.54, 1.807) is 0 Å². The van der Waals surface area contributed by atoms with Gasteiger partial charge in [-0.3, -0.25) is 9.20 Å². The first kappa shape index (κ1) is 26.1. The number of aliphatic imine (C=N–C) groups is 1. The van der Waals surface area contributed by atoms with Crippen LogP contribution in [-0.2, 0) is 15.5 Å². The van der Waals surface area contributed by atoms with Crippen molar-refractivity contribution in [3.05, 3.63) is 0 Å². The van der Waals surface area contributed by atoms with Gasteiger partial charge in [0, 0.05) is 54.1 Å². The number of hydrogen-bond acceptors (Lipinski definition) is 3. The highest BCUT2D eigenvalue weighted by atomic mass is 127. The Labute approximate surface area is 180 Å². The normalized spacial score (nSPS) is 18.3. The van der Waals surface area contributed by atoms with Gasteiger partial charge in [-0.25, -0.2) is 0 Å². The van der Waals surface area contributed by atoms with E-state index in [2.05, 4.69) is 17.6 Å². The highest BCUT2D eigenvalue weighted by Crippen LogP contribution is 2.41. The van der Waals surface area contributed by atoms with Gasteiger partial charge in [0.05, 0.1) is 0 Å². The minimum atomic E-state index is -0.839. The second-order valence-electron chi connectivity index (χ2n) is 7.94. The lowest BCUT2D eigenvalue weighted by atomic mass is 9.83. The summed E-state index contributed by atoms with van der Waals surface area (Å²) in [6, 6.07) is 0. The minimum absolute atomic E-state index is 0. The van der Waals surface area contributed by atoms with Gasteiger partial charge in [0.15, 0.2) is 5.96 Å². The molecule has 1 rings (SSSR count). The Morgan fingerprint density at radius 1 is 1.19 bits per heavy atom. The second-order valence-corrected chi connectivity index (χ2v) is 10.3. The van der Waals surface area contributed by atoms with E-state index in [0.717, 1.165) is 38.7 Å².